The van der Waals surface area contributed by atoms with Gasteiger partial charge in [-0.2, -0.15) is 5.48 Å². The van der Waals surface area contributed by atoms with Crippen molar-refractivity contribution in [3.63, 3.8) is 0 Å². The van der Waals surface area contributed by atoms with Gasteiger partial charge >= 0.3 is 0 Å². The lowest BCUT2D eigenvalue weighted by Crippen LogP contribution is -2.38. The number of rotatable bonds is 4. The lowest BCUT2D eigenvalue weighted by atomic mass is 9.75. The lowest BCUT2D eigenvalue weighted by Gasteiger charge is -2.35. The van der Waals surface area contributed by atoms with Crippen LogP contribution >= 0.6 is 0 Å². The fourth-order valence-electron chi connectivity index (χ4n) is 2.03. The van der Waals surface area contributed by atoms with E-state index in [1.807, 2.05) is 0 Å². The molecule has 0 aromatic rings. The number of nitrogens with two attached hydrogens (primary N) is 1. The largest absolute Gasteiger partial charge is 0.368 e. The molecule has 0 aliphatic heterocycles. The van der Waals surface area contributed by atoms with Crippen LogP contribution in [0.3, 0.4) is 0 Å². The Balaban J connectivity index is 2.21. The van der Waals surface area contributed by atoms with E-state index in [4.69, 9.17) is 10.6 Å². The molecule has 0 radical (unpaired) electrons. The normalized spacial score (nSPS) is 26.0. The van der Waals surface area contributed by atoms with Crippen LogP contribution < -0.4 is 11.2 Å². The van der Waals surface area contributed by atoms with Gasteiger partial charge < -0.3 is 5.73 Å². The SMILES string of the molecule is CC1(C)CCCC(NOCC(N)=O)C1. The number of hydrogen-bond donors (Lipinski definition) is 2. The second-order valence-corrected chi connectivity index (χ2v) is 4.83. The van der Waals surface area contributed by atoms with Gasteiger partial charge in [0, 0.05) is 6.04 Å². The summed E-state index contributed by atoms with van der Waals surface area (Å²) < 4.78 is 0. The van der Waals surface area contributed by atoms with Gasteiger partial charge in [-0.15, -0.1) is 0 Å². The van der Waals surface area contributed by atoms with Crippen LogP contribution in [-0.4, -0.2) is 18.6 Å². The minimum Gasteiger partial charge on any atom is -0.368 e. The molecule has 1 saturated carbocycles. The third kappa shape index (κ3) is 4.07. The van der Waals surface area contributed by atoms with Crippen molar-refractivity contribution in [2.45, 2.75) is 45.6 Å². The van der Waals surface area contributed by atoms with E-state index in [2.05, 4.69) is 19.3 Å². The number of primary amides is 1. The Hall–Kier alpha value is -0.610. The van der Waals surface area contributed by atoms with E-state index in [9.17, 15) is 4.79 Å². The minimum absolute atomic E-state index is 0.0447. The van der Waals surface area contributed by atoms with Crippen LogP contribution in [0, 0.1) is 5.41 Å². The van der Waals surface area contributed by atoms with Crippen LogP contribution in [-0.2, 0) is 9.63 Å². The first kappa shape index (κ1) is 11.5. The minimum atomic E-state index is -0.437. The summed E-state index contributed by atoms with van der Waals surface area (Å²) in [5.74, 6) is -0.437. The van der Waals surface area contributed by atoms with Gasteiger partial charge in [-0.05, 0) is 24.7 Å². The van der Waals surface area contributed by atoms with E-state index in [0.717, 1.165) is 12.8 Å². The zero-order chi connectivity index (χ0) is 10.6. The molecular weight excluding hydrogens is 180 g/mol. The second kappa shape index (κ2) is 4.75. The molecule has 1 atom stereocenters. The maximum Gasteiger partial charge on any atom is 0.245 e. The summed E-state index contributed by atoms with van der Waals surface area (Å²) in [5.41, 5.74) is 8.25. The number of hydrogen-bond acceptors (Lipinski definition) is 3. The molecule has 0 heterocycles. The summed E-state index contributed by atoms with van der Waals surface area (Å²) in [7, 11) is 0. The molecule has 1 aliphatic rings. The maximum absolute atomic E-state index is 10.4. The summed E-state index contributed by atoms with van der Waals surface area (Å²) in [5, 5.41) is 0. The molecule has 0 spiro atoms. The maximum atomic E-state index is 10.4. The molecule has 1 amide bonds. The van der Waals surface area contributed by atoms with Crippen molar-refractivity contribution in [1.29, 1.82) is 0 Å². The topological polar surface area (TPSA) is 64.3 Å². The number of amides is 1. The van der Waals surface area contributed by atoms with Gasteiger partial charge in [0.25, 0.3) is 0 Å². The first-order valence-electron chi connectivity index (χ1n) is 5.15. The highest BCUT2D eigenvalue weighted by atomic mass is 16.6. The quantitative estimate of drug-likeness (QED) is 0.664. The van der Waals surface area contributed by atoms with E-state index in [1.54, 1.807) is 0 Å². The van der Waals surface area contributed by atoms with Crippen molar-refractivity contribution in [1.82, 2.24) is 5.48 Å². The molecular formula is C10H20N2O2. The molecule has 14 heavy (non-hydrogen) atoms. The van der Waals surface area contributed by atoms with Crippen molar-refractivity contribution in [3.05, 3.63) is 0 Å². The summed E-state index contributed by atoms with van der Waals surface area (Å²) >= 11 is 0. The van der Waals surface area contributed by atoms with Crippen LogP contribution in [0.1, 0.15) is 39.5 Å². The van der Waals surface area contributed by atoms with E-state index in [-0.39, 0.29) is 6.61 Å². The van der Waals surface area contributed by atoms with Crippen molar-refractivity contribution in [2.24, 2.45) is 11.1 Å². The fraction of sp³-hybridized carbons (Fsp3) is 0.900. The smallest absolute Gasteiger partial charge is 0.245 e. The van der Waals surface area contributed by atoms with Gasteiger partial charge in [0.1, 0.15) is 6.61 Å². The molecule has 82 valence electrons. The summed E-state index contributed by atoms with van der Waals surface area (Å²) in [6.45, 7) is 4.47. The molecule has 1 fully saturated rings. The molecule has 0 aromatic carbocycles. The van der Waals surface area contributed by atoms with Crippen molar-refractivity contribution in [3.8, 4) is 0 Å². The van der Waals surface area contributed by atoms with E-state index in [0.29, 0.717) is 11.5 Å². The van der Waals surface area contributed by atoms with Crippen LogP contribution in [0.25, 0.3) is 0 Å². The van der Waals surface area contributed by atoms with Crippen LogP contribution in [0.2, 0.25) is 0 Å². The summed E-state index contributed by atoms with van der Waals surface area (Å²) in [6.07, 6.45) is 4.68. The first-order chi connectivity index (χ1) is 6.49. The third-order valence-corrected chi connectivity index (χ3v) is 2.67. The lowest BCUT2D eigenvalue weighted by molar-refractivity contribution is -0.126. The summed E-state index contributed by atoms with van der Waals surface area (Å²) in [4.78, 5) is 15.4. The fourth-order valence-corrected chi connectivity index (χ4v) is 2.03. The van der Waals surface area contributed by atoms with Crippen molar-refractivity contribution < 1.29 is 9.63 Å². The Bertz CT molecular complexity index is 204. The molecule has 0 bridgehead atoms. The molecule has 1 aliphatic carbocycles. The average molecular weight is 200 g/mol. The Morgan fingerprint density at radius 2 is 2.36 bits per heavy atom. The highest BCUT2D eigenvalue weighted by Gasteiger charge is 2.27. The molecule has 1 unspecified atom stereocenters. The van der Waals surface area contributed by atoms with Gasteiger partial charge in [-0.25, -0.2) is 0 Å². The Kier molecular flexibility index (Phi) is 3.89. The zero-order valence-corrected chi connectivity index (χ0v) is 9.01. The monoisotopic (exact) mass is 200 g/mol. The second-order valence-electron chi connectivity index (χ2n) is 4.83. The van der Waals surface area contributed by atoms with E-state index < -0.39 is 5.91 Å². The predicted molar refractivity (Wildman–Crippen MR) is 54.3 cm³/mol. The molecule has 4 nitrogen and oxygen atoms in total. The molecule has 1 rings (SSSR count). The Morgan fingerprint density at radius 3 is 2.93 bits per heavy atom. The van der Waals surface area contributed by atoms with Gasteiger partial charge in [0.15, 0.2) is 0 Å². The number of hydroxylamine groups is 1. The van der Waals surface area contributed by atoms with Crippen molar-refractivity contribution in [2.75, 3.05) is 6.61 Å². The average Bonchev–Trinajstić information content (AvgIpc) is 2.01. The predicted octanol–water partition coefficient (Wildman–Crippen LogP) is 0.962. The number of carbonyl (C=O) groups is 1. The third-order valence-electron chi connectivity index (χ3n) is 2.67. The van der Waals surface area contributed by atoms with Gasteiger partial charge in [0.05, 0.1) is 0 Å². The highest BCUT2D eigenvalue weighted by molar-refractivity contribution is 5.74. The van der Waals surface area contributed by atoms with Gasteiger partial charge in [0.2, 0.25) is 5.91 Å². The number of carbonyl (C=O) groups excluding carboxylic acids is 1. The van der Waals surface area contributed by atoms with Crippen LogP contribution in [0.5, 0.6) is 0 Å². The highest BCUT2D eigenvalue weighted by Crippen LogP contribution is 2.34. The molecule has 0 aromatic heterocycles. The first-order valence-corrected chi connectivity index (χ1v) is 5.15. The Morgan fingerprint density at radius 1 is 1.64 bits per heavy atom. The molecule has 3 N–H and O–H groups in total. The standard InChI is InChI=1S/C10H20N2O2/c1-10(2)5-3-4-8(6-10)12-14-7-9(11)13/h8,12H,3-7H2,1-2H3,(H2,11,13). The summed E-state index contributed by atoms with van der Waals surface area (Å²) in [6, 6.07) is 0.359. The van der Waals surface area contributed by atoms with Crippen molar-refractivity contribution >= 4 is 5.91 Å². The molecule has 4 heteroatoms. The van der Waals surface area contributed by atoms with Gasteiger partial charge in [-0.3, -0.25) is 9.63 Å². The van der Waals surface area contributed by atoms with E-state index in [1.165, 1.54) is 12.8 Å². The Labute approximate surface area is 85.1 Å². The van der Waals surface area contributed by atoms with Crippen LogP contribution in [0.4, 0.5) is 0 Å². The zero-order valence-electron chi connectivity index (χ0n) is 9.01. The van der Waals surface area contributed by atoms with Gasteiger partial charge in [-0.1, -0.05) is 20.3 Å². The number of nitrogens with one attached hydrogen (secondary N) is 1. The van der Waals surface area contributed by atoms with Crippen LogP contribution in [0.15, 0.2) is 0 Å². The van der Waals surface area contributed by atoms with E-state index >= 15 is 0 Å². The molecule has 0 saturated heterocycles.